The molecule has 3 fully saturated rings. The normalized spacial score (nSPS) is 40.7. The first-order chi connectivity index (χ1) is 9.28. The van der Waals surface area contributed by atoms with Crippen LogP contribution in [0.5, 0.6) is 0 Å². The van der Waals surface area contributed by atoms with E-state index in [-0.39, 0.29) is 0 Å². The fraction of sp³-hybridized carbons (Fsp3) is 1.00. The van der Waals surface area contributed by atoms with Gasteiger partial charge >= 0.3 is 0 Å². The van der Waals surface area contributed by atoms with Crippen LogP contribution in [0.2, 0.25) is 0 Å². The van der Waals surface area contributed by atoms with E-state index < -0.39 is 0 Å². The molecule has 0 bridgehead atoms. The highest BCUT2D eigenvalue weighted by atomic mass is 16.5. The van der Waals surface area contributed by atoms with Crippen molar-refractivity contribution in [3.05, 3.63) is 0 Å². The lowest BCUT2D eigenvalue weighted by atomic mass is 9.60. The number of methoxy groups -OCH3 is 1. The molecule has 19 heavy (non-hydrogen) atoms. The molecule has 3 nitrogen and oxygen atoms in total. The fourth-order valence-corrected chi connectivity index (χ4v) is 4.71. The Morgan fingerprint density at radius 3 is 2.58 bits per heavy atom. The van der Waals surface area contributed by atoms with E-state index in [0.717, 1.165) is 6.61 Å². The summed E-state index contributed by atoms with van der Waals surface area (Å²) in [4.78, 5) is 0. The molecule has 0 saturated heterocycles. The van der Waals surface area contributed by atoms with Gasteiger partial charge in [-0.1, -0.05) is 12.8 Å². The van der Waals surface area contributed by atoms with Crippen LogP contribution < -0.4 is 5.32 Å². The van der Waals surface area contributed by atoms with Gasteiger partial charge in [0, 0.05) is 31.2 Å². The molecule has 3 aliphatic rings. The summed E-state index contributed by atoms with van der Waals surface area (Å²) in [7, 11) is 1.85. The Bertz CT molecular complexity index is 301. The Morgan fingerprint density at radius 2 is 1.95 bits per heavy atom. The highest BCUT2D eigenvalue weighted by Gasteiger charge is 2.56. The van der Waals surface area contributed by atoms with Gasteiger partial charge in [-0.25, -0.2) is 0 Å². The first-order valence-electron chi connectivity index (χ1n) is 8.19. The average Bonchev–Trinajstić information content (AvgIpc) is 3.08. The monoisotopic (exact) mass is 267 g/mol. The number of rotatable bonds is 5. The van der Waals surface area contributed by atoms with E-state index in [0.29, 0.717) is 29.7 Å². The molecule has 0 heterocycles. The Morgan fingerprint density at radius 1 is 1.16 bits per heavy atom. The minimum atomic E-state index is 0.473. The van der Waals surface area contributed by atoms with Crippen LogP contribution in [0.4, 0.5) is 0 Å². The van der Waals surface area contributed by atoms with Gasteiger partial charge in [-0.15, -0.1) is 0 Å². The van der Waals surface area contributed by atoms with Crippen LogP contribution >= 0.6 is 0 Å². The lowest BCUT2D eigenvalue weighted by molar-refractivity contribution is -0.132. The molecule has 3 heteroatoms. The Balaban J connectivity index is 1.57. The van der Waals surface area contributed by atoms with Gasteiger partial charge in [0.25, 0.3) is 0 Å². The second kappa shape index (κ2) is 5.71. The van der Waals surface area contributed by atoms with Crippen molar-refractivity contribution < 1.29 is 9.47 Å². The summed E-state index contributed by atoms with van der Waals surface area (Å²) in [5, 5.41) is 3.94. The maximum atomic E-state index is 5.99. The molecule has 0 aromatic carbocycles. The molecule has 1 N–H and O–H groups in total. The number of nitrogens with one attached hydrogen (secondary N) is 1. The van der Waals surface area contributed by atoms with Gasteiger partial charge in [-0.2, -0.15) is 0 Å². The zero-order chi connectivity index (χ0) is 13.3. The second-order valence-electron chi connectivity index (χ2n) is 6.71. The summed E-state index contributed by atoms with van der Waals surface area (Å²) in [5.41, 5.74) is 0.473. The zero-order valence-corrected chi connectivity index (χ0v) is 12.5. The highest BCUT2D eigenvalue weighted by molar-refractivity contribution is 5.11. The van der Waals surface area contributed by atoms with Gasteiger partial charge in [-0.3, -0.25) is 0 Å². The van der Waals surface area contributed by atoms with Crippen molar-refractivity contribution in [2.45, 2.75) is 82.6 Å². The van der Waals surface area contributed by atoms with Crippen LogP contribution in [0.1, 0.15) is 58.3 Å². The Hall–Kier alpha value is -0.120. The lowest BCUT2D eigenvalue weighted by Crippen LogP contribution is -2.64. The molecule has 3 saturated carbocycles. The van der Waals surface area contributed by atoms with E-state index in [9.17, 15) is 0 Å². The average molecular weight is 267 g/mol. The van der Waals surface area contributed by atoms with Gasteiger partial charge in [0.1, 0.15) is 0 Å². The number of hydrogen-bond acceptors (Lipinski definition) is 3. The standard InChI is InChI=1S/C16H29NO2/c1-3-19-15-11-14(16(15)8-4-5-9-16)17-12-6-7-13(10-12)18-2/h12-15,17H,3-11H2,1-2H3. The molecule has 4 atom stereocenters. The minimum absolute atomic E-state index is 0.473. The molecular weight excluding hydrogens is 238 g/mol. The molecule has 0 radical (unpaired) electrons. The highest BCUT2D eigenvalue weighted by Crippen LogP contribution is 2.55. The van der Waals surface area contributed by atoms with Crippen LogP contribution in [-0.4, -0.2) is 38.0 Å². The van der Waals surface area contributed by atoms with E-state index >= 15 is 0 Å². The van der Waals surface area contributed by atoms with Crippen molar-refractivity contribution in [3.8, 4) is 0 Å². The van der Waals surface area contributed by atoms with E-state index in [2.05, 4.69) is 12.2 Å². The summed E-state index contributed by atoms with van der Waals surface area (Å²) in [6.07, 6.45) is 11.5. The Kier molecular flexibility index (Phi) is 4.16. The fourth-order valence-electron chi connectivity index (χ4n) is 4.71. The third-order valence-corrected chi connectivity index (χ3v) is 5.84. The second-order valence-corrected chi connectivity index (χ2v) is 6.71. The van der Waals surface area contributed by atoms with Gasteiger partial charge < -0.3 is 14.8 Å². The minimum Gasteiger partial charge on any atom is -0.381 e. The van der Waals surface area contributed by atoms with Gasteiger partial charge in [0.05, 0.1) is 12.2 Å². The van der Waals surface area contributed by atoms with E-state index in [1.165, 1.54) is 51.4 Å². The number of ether oxygens (including phenoxy) is 2. The maximum Gasteiger partial charge on any atom is 0.0661 e. The zero-order valence-electron chi connectivity index (χ0n) is 12.5. The van der Waals surface area contributed by atoms with E-state index in [4.69, 9.17) is 9.47 Å². The van der Waals surface area contributed by atoms with Crippen molar-refractivity contribution in [2.24, 2.45) is 5.41 Å². The molecular formula is C16H29NO2. The molecule has 1 spiro atoms. The Labute approximate surface area is 117 Å². The topological polar surface area (TPSA) is 30.5 Å². The van der Waals surface area contributed by atoms with Crippen molar-refractivity contribution in [2.75, 3.05) is 13.7 Å². The largest absolute Gasteiger partial charge is 0.381 e. The van der Waals surface area contributed by atoms with Crippen molar-refractivity contribution in [3.63, 3.8) is 0 Å². The first-order valence-corrected chi connectivity index (χ1v) is 8.19. The van der Waals surface area contributed by atoms with Crippen molar-refractivity contribution >= 4 is 0 Å². The third-order valence-electron chi connectivity index (χ3n) is 5.84. The van der Waals surface area contributed by atoms with Gasteiger partial charge in [0.15, 0.2) is 0 Å². The van der Waals surface area contributed by atoms with Gasteiger partial charge in [-0.05, 0) is 45.4 Å². The molecule has 4 unspecified atom stereocenters. The molecule has 110 valence electrons. The summed E-state index contributed by atoms with van der Waals surface area (Å²) in [6, 6.07) is 1.38. The summed E-state index contributed by atoms with van der Waals surface area (Å²) < 4.78 is 11.5. The molecule has 0 aliphatic heterocycles. The maximum absolute atomic E-state index is 5.99. The summed E-state index contributed by atoms with van der Waals surface area (Å²) in [6.45, 7) is 3.00. The molecule has 0 aromatic heterocycles. The van der Waals surface area contributed by atoms with Crippen molar-refractivity contribution in [1.82, 2.24) is 5.32 Å². The van der Waals surface area contributed by atoms with Crippen LogP contribution in [-0.2, 0) is 9.47 Å². The van der Waals surface area contributed by atoms with Crippen molar-refractivity contribution in [1.29, 1.82) is 0 Å². The van der Waals surface area contributed by atoms with Crippen LogP contribution in [0.15, 0.2) is 0 Å². The molecule has 0 amide bonds. The predicted octanol–water partition coefficient (Wildman–Crippen LogP) is 2.88. The molecule has 0 aromatic rings. The third kappa shape index (κ3) is 2.45. The smallest absolute Gasteiger partial charge is 0.0661 e. The van der Waals surface area contributed by atoms with Crippen LogP contribution in [0.25, 0.3) is 0 Å². The quantitative estimate of drug-likeness (QED) is 0.831. The molecule has 3 aliphatic carbocycles. The SMILES string of the molecule is CCOC1CC(NC2CCC(OC)C2)C12CCCC2. The molecule has 3 rings (SSSR count). The van der Waals surface area contributed by atoms with Crippen LogP contribution in [0, 0.1) is 5.41 Å². The van der Waals surface area contributed by atoms with Crippen LogP contribution in [0.3, 0.4) is 0 Å². The van der Waals surface area contributed by atoms with Gasteiger partial charge in [0.2, 0.25) is 0 Å². The summed E-state index contributed by atoms with van der Waals surface area (Å²) in [5.74, 6) is 0. The van der Waals surface area contributed by atoms with E-state index in [1.54, 1.807) is 0 Å². The van der Waals surface area contributed by atoms with E-state index in [1.807, 2.05) is 7.11 Å². The first kappa shape index (κ1) is 13.8. The number of hydrogen-bond donors (Lipinski definition) is 1. The predicted molar refractivity (Wildman–Crippen MR) is 76.3 cm³/mol. The lowest BCUT2D eigenvalue weighted by Gasteiger charge is -2.55. The summed E-state index contributed by atoms with van der Waals surface area (Å²) >= 11 is 0.